The monoisotopic (exact) mass is 384 g/mol. The van der Waals surface area contributed by atoms with E-state index < -0.39 is 5.97 Å². The number of benzene rings is 3. The van der Waals surface area contributed by atoms with Gasteiger partial charge in [-0.25, -0.2) is 4.79 Å². The Morgan fingerprint density at radius 1 is 0.893 bits per heavy atom. The van der Waals surface area contributed by atoms with Gasteiger partial charge < -0.3 is 4.74 Å². The maximum atomic E-state index is 12.9. The normalized spacial score (nSPS) is 13.2. The number of carbonyl (C=O) groups excluding carboxylic acids is 2. The van der Waals surface area contributed by atoms with Crippen molar-refractivity contribution in [3.8, 4) is 5.75 Å². The van der Waals surface area contributed by atoms with Gasteiger partial charge in [-0.3, -0.25) is 4.79 Å². The number of carbonyl (C=O) groups is 2. The van der Waals surface area contributed by atoms with Crippen molar-refractivity contribution in [2.75, 3.05) is 0 Å². The Labute approximate surface area is 165 Å². The summed E-state index contributed by atoms with van der Waals surface area (Å²) in [6.07, 6.45) is 2.04. The maximum absolute atomic E-state index is 12.9. The lowest BCUT2D eigenvalue weighted by Gasteiger charge is -2.07. The highest BCUT2D eigenvalue weighted by Crippen LogP contribution is 2.37. The zero-order chi connectivity index (χ0) is 19.7. The van der Waals surface area contributed by atoms with Gasteiger partial charge in [-0.2, -0.15) is 0 Å². The van der Waals surface area contributed by atoms with Crippen molar-refractivity contribution in [2.45, 2.75) is 0 Å². The van der Waals surface area contributed by atoms with Crippen molar-refractivity contribution >= 4 is 38.0 Å². The molecule has 3 nitrogen and oxygen atoms in total. The second-order valence-electron chi connectivity index (χ2n) is 6.47. The fourth-order valence-corrected chi connectivity index (χ4v) is 3.49. The van der Waals surface area contributed by atoms with E-state index in [4.69, 9.17) is 4.74 Å². The SMILES string of the molecule is C=C1C(=O)Oc2c1cccc2C(=O)c1ccc(/C=C(/P)c2ccccc2)cc1. The predicted octanol–water partition coefficient (Wildman–Crippen LogP) is 5.22. The summed E-state index contributed by atoms with van der Waals surface area (Å²) in [6.45, 7) is 3.72. The van der Waals surface area contributed by atoms with Gasteiger partial charge in [-0.05, 0) is 28.6 Å². The number of para-hydroxylation sites is 1. The Bertz CT molecular complexity index is 1130. The van der Waals surface area contributed by atoms with E-state index in [2.05, 4.69) is 15.8 Å². The molecule has 0 amide bonds. The van der Waals surface area contributed by atoms with Gasteiger partial charge in [0.2, 0.25) is 0 Å². The van der Waals surface area contributed by atoms with E-state index in [1.807, 2.05) is 48.5 Å². The smallest absolute Gasteiger partial charge is 0.343 e. The van der Waals surface area contributed by atoms with Crippen LogP contribution < -0.4 is 4.74 Å². The van der Waals surface area contributed by atoms with E-state index in [1.165, 1.54) is 0 Å². The molecule has 0 saturated carbocycles. The summed E-state index contributed by atoms with van der Waals surface area (Å²) in [5, 5.41) is 1.06. The molecule has 1 unspecified atom stereocenters. The van der Waals surface area contributed by atoms with Crippen LogP contribution in [0.15, 0.2) is 79.4 Å². The van der Waals surface area contributed by atoms with E-state index in [1.54, 1.807) is 30.3 Å². The number of ether oxygens (including phenoxy) is 1. The van der Waals surface area contributed by atoms with Crippen molar-refractivity contribution in [1.82, 2.24) is 0 Å². The Morgan fingerprint density at radius 2 is 1.61 bits per heavy atom. The van der Waals surface area contributed by atoms with Crippen LogP contribution in [0.4, 0.5) is 0 Å². The minimum absolute atomic E-state index is 0.191. The van der Waals surface area contributed by atoms with Crippen molar-refractivity contribution in [1.29, 1.82) is 0 Å². The van der Waals surface area contributed by atoms with E-state index in [9.17, 15) is 9.59 Å². The van der Waals surface area contributed by atoms with E-state index in [0.717, 1.165) is 16.4 Å². The molecule has 0 spiro atoms. The van der Waals surface area contributed by atoms with E-state index >= 15 is 0 Å². The first kappa shape index (κ1) is 18.1. The van der Waals surface area contributed by atoms with Crippen molar-refractivity contribution < 1.29 is 14.3 Å². The molecule has 1 heterocycles. The third-order valence-corrected chi connectivity index (χ3v) is 5.13. The average Bonchev–Trinajstić information content (AvgIpc) is 3.03. The molecular weight excluding hydrogens is 367 g/mol. The van der Waals surface area contributed by atoms with Gasteiger partial charge >= 0.3 is 5.97 Å². The number of rotatable bonds is 4. The van der Waals surface area contributed by atoms with E-state index in [-0.39, 0.29) is 11.4 Å². The predicted molar refractivity (Wildman–Crippen MR) is 115 cm³/mol. The van der Waals surface area contributed by atoms with Crippen LogP contribution in [-0.4, -0.2) is 11.8 Å². The minimum Gasteiger partial charge on any atom is -0.421 e. The lowest BCUT2D eigenvalue weighted by molar-refractivity contribution is -0.126. The summed E-state index contributed by atoms with van der Waals surface area (Å²) in [4.78, 5) is 24.7. The van der Waals surface area contributed by atoms with Gasteiger partial charge in [0.05, 0.1) is 11.1 Å². The first-order valence-electron chi connectivity index (χ1n) is 8.76. The van der Waals surface area contributed by atoms with Crippen molar-refractivity contribution in [3.05, 3.63) is 107 Å². The molecule has 3 aromatic carbocycles. The molecule has 1 atom stereocenters. The van der Waals surface area contributed by atoms with Crippen LogP contribution in [0.2, 0.25) is 0 Å². The zero-order valence-corrected chi connectivity index (χ0v) is 16.2. The maximum Gasteiger partial charge on any atom is 0.343 e. The fourth-order valence-electron chi connectivity index (χ4n) is 3.11. The zero-order valence-electron chi connectivity index (χ0n) is 15.0. The topological polar surface area (TPSA) is 43.4 Å². The molecule has 28 heavy (non-hydrogen) atoms. The number of esters is 1. The molecule has 0 N–H and O–H groups in total. The Kier molecular flexibility index (Phi) is 4.77. The average molecular weight is 384 g/mol. The molecule has 0 bridgehead atoms. The first-order valence-corrected chi connectivity index (χ1v) is 9.34. The van der Waals surface area contributed by atoms with Crippen LogP contribution in [-0.2, 0) is 4.79 Å². The molecule has 0 fully saturated rings. The number of hydrogen-bond acceptors (Lipinski definition) is 3. The lowest BCUT2D eigenvalue weighted by atomic mass is 9.98. The standard InChI is InChI=1S/C24H17O3P/c1-15-19-8-5-9-20(23(19)27-24(15)26)22(25)18-12-10-16(11-13-18)14-21(28)17-6-3-2-4-7-17/h2-14H,1,28H2/b21-14+. The summed E-state index contributed by atoms with van der Waals surface area (Å²) in [5.74, 6) is -0.406. The molecule has 3 aromatic rings. The molecule has 136 valence electrons. The second kappa shape index (κ2) is 7.38. The number of hydrogen-bond donors (Lipinski definition) is 0. The molecule has 4 heteroatoms. The number of ketones is 1. The number of fused-ring (bicyclic) bond motifs is 1. The van der Waals surface area contributed by atoms with Crippen LogP contribution in [0.3, 0.4) is 0 Å². The minimum atomic E-state index is -0.510. The van der Waals surface area contributed by atoms with Gasteiger partial charge in [-0.1, -0.05) is 73.3 Å². The summed E-state index contributed by atoms with van der Waals surface area (Å²) < 4.78 is 5.25. The fraction of sp³-hybridized carbons (Fsp3) is 0. The highest BCUT2D eigenvalue weighted by molar-refractivity contribution is 7.32. The van der Waals surface area contributed by atoms with Crippen molar-refractivity contribution in [2.24, 2.45) is 0 Å². The van der Waals surface area contributed by atoms with Crippen LogP contribution in [0.5, 0.6) is 5.75 Å². The summed E-state index contributed by atoms with van der Waals surface area (Å²) in [5.41, 5.74) is 3.86. The van der Waals surface area contributed by atoms with Crippen LogP contribution in [0.25, 0.3) is 17.0 Å². The summed E-state index contributed by atoms with van der Waals surface area (Å²) in [6, 6.07) is 22.5. The molecule has 0 saturated heterocycles. The third-order valence-electron chi connectivity index (χ3n) is 4.63. The van der Waals surface area contributed by atoms with E-state index in [0.29, 0.717) is 22.4 Å². The van der Waals surface area contributed by atoms with Gasteiger partial charge in [-0.15, -0.1) is 9.24 Å². The van der Waals surface area contributed by atoms with Crippen molar-refractivity contribution in [3.63, 3.8) is 0 Å². The Balaban J connectivity index is 1.61. The Morgan fingerprint density at radius 3 is 2.32 bits per heavy atom. The van der Waals surface area contributed by atoms with Crippen LogP contribution >= 0.6 is 9.24 Å². The molecule has 0 radical (unpaired) electrons. The summed E-state index contributed by atoms with van der Waals surface area (Å²) in [7, 11) is 2.74. The second-order valence-corrected chi connectivity index (χ2v) is 7.09. The van der Waals surface area contributed by atoms with Crippen LogP contribution in [0, 0.1) is 0 Å². The molecule has 1 aliphatic rings. The largest absolute Gasteiger partial charge is 0.421 e. The molecular formula is C24H17O3P. The highest BCUT2D eigenvalue weighted by atomic mass is 31.0. The van der Waals surface area contributed by atoms with Gasteiger partial charge in [0.15, 0.2) is 5.78 Å². The summed E-state index contributed by atoms with van der Waals surface area (Å²) >= 11 is 0. The lowest BCUT2D eigenvalue weighted by Crippen LogP contribution is -2.05. The quantitative estimate of drug-likeness (QED) is 0.155. The molecule has 1 aliphatic heterocycles. The Hall–Kier alpha value is -3.29. The van der Waals surface area contributed by atoms with Gasteiger partial charge in [0.25, 0.3) is 0 Å². The molecule has 4 rings (SSSR count). The van der Waals surface area contributed by atoms with Crippen LogP contribution in [0.1, 0.15) is 32.6 Å². The molecule has 0 aromatic heterocycles. The van der Waals surface area contributed by atoms with Gasteiger partial charge in [0, 0.05) is 11.1 Å². The highest BCUT2D eigenvalue weighted by Gasteiger charge is 2.29. The molecule has 0 aliphatic carbocycles. The first-order chi connectivity index (χ1) is 13.5. The van der Waals surface area contributed by atoms with Gasteiger partial charge in [0.1, 0.15) is 5.75 Å². The third kappa shape index (κ3) is 3.33.